The first-order valence-electron chi connectivity index (χ1n) is 7.16. The van der Waals surface area contributed by atoms with E-state index in [-0.39, 0.29) is 0 Å². The average Bonchev–Trinajstić information content (AvgIpc) is 2.95. The molecule has 116 valence electrons. The van der Waals surface area contributed by atoms with E-state index in [0.29, 0.717) is 28.3 Å². The first kappa shape index (κ1) is 15.5. The number of hydrogen-bond acceptors (Lipinski definition) is 3. The fraction of sp³-hybridized carbons (Fsp3) is 0.312. The molecule has 1 aliphatic rings. The minimum atomic E-state index is -0.413. The van der Waals surface area contributed by atoms with Gasteiger partial charge in [0.2, 0.25) is 5.95 Å². The summed E-state index contributed by atoms with van der Waals surface area (Å²) < 4.78 is 13.7. The van der Waals surface area contributed by atoms with Crippen molar-refractivity contribution in [1.29, 1.82) is 0 Å². The Labute approximate surface area is 139 Å². The van der Waals surface area contributed by atoms with Gasteiger partial charge < -0.3 is 10.2 Å². The van der Waals surface area contributed by atoms with Crippen LogP contribution in [0.4, 0.5) is 10.1 Å². The van der Waals surface area contributed by atoms with Crippen LogP contribution >= 0.6 is 23.2 Å². The van der Waals surface area contributed by atoms with E-state index in [1.165, 1.54) is 6.20 Å². The van der Waals surface area contributed by atoms with Crippen LogP contribution in [0.2, 0.25) is 10.0 Å². The summed E-state index contributed by atoms with van der Waals surface area (Å²) in [5.41, 5.74) is 1.58. The standard InChI is InChI=1S/C16H16Cl2FN3/c17-12-4-3-11(14(18)8-12)9-21-13-5-7-22(10-13)15-2-1-6-20-16(15)19/h1-4,6,8,13,21H,5,7,9-10H2. The summed E-state index contributed by atoms with van der Waals surface area (Å²) in [6.45, 7) is 2.24. The largest absolute Gasteiger partial charge is 0.366 e. The summed E-state index contributed by atoms with van der Waals surface area (Å²) >= 11 is 12.1. The highest BCUT2D eigenvalue weighted by Crippen LogP contribution is 2.24. The van der Waals surface area contributed by atoms with Crippen LogP contribution in [-0.4, -0.2) is 24.1 Å². The predicted octanol–water partition coefficient (Wildman–Crippen LogP) is 3.90. The molecule has 1 fully saturated rings. The van der Waals surface area contributed by atoms with Gasteiger partial charge in [-0.2, -0.15) is 4.39 Å². The van der Waals surface area contributed by atoms with E-state index in [9.17, 15) is 4.39 Å². The quantitative estimate of drug-likeness (QED) is 0.856. The van der Waals surface area contributed by atoms with E-state index in [1.54, 1.807) is 18.2 Å². The van der Waals surface area contributed by atoms with Gasteiger partial charge in [-0.05, 0) is 36.2 Å². The molecule has 1 aromatic carbocycles. The SMILES string of the molecule is Fc1ncccc1N1CCC(NCc2ccc(Cl)cc2Cl)C1. The normalized spacial score (nSPS) is 18.0. The molecule has 22 heavy (non-hydrogen) atoms. The molecule has 1 saturated heterocycles. The third kappa shape index (κ3) is 3.51. The van der Waals surface area contributed by atoms with E-state index in [1.807, 2.05) is 17.0 Å². The maximum absolute atomic E-state index is 13.7. The van der Waals surface area contributed by atoms with Gasteiger partial charge in [-0.15, -0.1) is 0 Å². The summed E-state index contributed by atoms with van der Waals surface area (Å²) in [6, 6.07) is 9.31. The highest BCUT2D eigenvalue weighted by molar-refractivity contribution is 6.35. The molecule has 0 bridgehead atoms. The van der Waals surface area contributed by atoms with Crippen molar-refractivity contribution >= 4 is 28.9 Å². The summed E-state index contributed by atoms with van der Waals surface area (Å²) in [4.78, 5) is 5.72. The molecule has 1 unspecified atom stereocenters. The Morgan fingerprint density at radius 1 is 1.32 bits per heavy atom. The van der Waals surface area contributed by atoms with Crippen molar-refractivity contribution in [1.82, 2.24) is 10.3 Å². The molecule has 3 rings (SSSR count). The van der Waals surface area contributed by atoms with Gasteiger partial charge in [0.1, 0.15) is 0 Å². The van der Waals surface area contributed by atoms with Gasteiger partial charge in [-0.25, -0.2) is 4.98 Å². The number of halogens is 3. The minimum Gasteiger partial charge on any atom is -0.366 e. The molecule has 0 aliphatic carbocycles. The summed E-state index contributed by atoms with van der Waals surface area (Å²) in [7, 11) is 0. The molecule has 1 aromatic heterocycles. The van der Waals surface area contributed by atoms with Gasteiger partial charge >= 0.3 is 0 Å². The van der Waals surface area contributed by atoms with E-state index in [4.69, 9.17) is 23.2 Å². The van der Waals surface area contributed by atoms with Crippen LogP contribution in [0.5, 0.6) is 0 Å². The second-order valence-corrected chi connectivity index (χ2v) is 6.21. The molecule has 3 nitrogen and oxygen atoms in total. The van der Waals surface area contributed by atoms with Crippen LogP contribution < -0.4 is 10.2 Å². The molecular weight excluding hydrogens is 324 g/mol. The van der Waals surface area contributed by atoms with E-state index >= 15 is 0 Å². The molecule has 0 saturated carbocycles. The predicted molar refractivity (Wildman–Crippen MR) is 88.1 cm³/mol. The zero-order chi connectivity index (χ0) is 15.5. The molecule has 2 heterocycles. The molecule has 1 N–H and O–H groups in total. The first-order chi connectivity index (χ1) is 10.6. The topological polar surface area (TPSA) is 28.2 Å². The summed E-state index contributed by atoms with van der Waals surface area (Å²) in [6.07, 6.45) is 2.42. The Balaban J connectivity index is 1.58. The van der Waals surface area contributed by atoms with Gasteiger partial charge in [-0.1, -0.05) is 29.3 Å². The number of pyridine rings is 1. The lowest BCUT2D eigenvalue weighted by Crippen LogP contribution is -2.32. The summed E-state index contributed by atoms with van der Waals surface area (Å²) in [5.74, 6) is -0.413. The number of benzene rings is 1. The Morgan fingerprint density at radius 2 is 2.18 bits per heavy atom. The molecule has 0 radical (unpaired) electrons. The zero-order valence-corrected chi connectivity index (χ0v) is 13.4. The number of anilines is 1. The summed E-state index contributed by atoms with van der Waals surface area (Å²) in [5, 5.41) is 4.76. The van der Waals surface area contributed by atoms with Crippen LogP contribution in [0, 0.1) is 5.95 Å². The number of aromatic nitrogens is 1. The van der Waals surface area contributed by atoms with Crippen LogP contribution in [0.15, 0.2) is 36.5 Å². The van der Waals surface area contributed by atoms with Crippen molar-refractivity contribution in [3.63, 3.8) is 0 Å². The monoisotopic (exact) mass is 339 g/mol. The van der Waals surface area contributed by atoms with Gasteiger partial charge in [0.15, 0.2) is 0 Å². The lowest BCUT2D eigenvalue weighted by atomic mass is 10.2. The number of nitrogens with zero attached hydrogens (tertiary/aromatic N) is 2. The van der Waals surface area contributed by atoms with Crippen molar-refractivity contribution in [3.8, 4) is 0 Å². The third-order valence-corrected chi connectivity index (χ3v) is 4.45. The lowest BCUT2D eigenvalue weighted by molar-refractivity contribution is 0.548. The highest BCUT2D eigenvalue weighted by Gasteiger charge is 2.24. The van der Waals surface area contributed by atoms with Crippen LogP contribution in [0.1, 0.15) is 12.0 Å². The molecular formula is C16H16Cl2FN3. The lowest BCUT2D eigenvalue weighted by Gasteiger charge is -2.19. The number of rotatable bonds is 4. The van der Waals surface area contributed by atoms with Gasteiger partial charge in [0.05, 0.1) is 5.69 Å². The highest BCUT2D eigenvalue weighted by atomic mass is 35.5. The molecule has 0 spiro atoms. The fourth-order valence-corrected chi connectivity index (χ4v) is 3.15. The Kier molecular flexibility index (Phi) is 4.81. The molecule has 6 heteroatoms. The fourth-order valence-electron chi connectivity index (χ4n) is 2.68. The van der Waals surface area contributed by atoms with Crippen molar-refractivity contribution in [2.24, 2.45) is 0 Å². The molecule has 0 amide bonds. The average molecular weight is 340 g/mol. The molecule has 1 aliphatic heterocycles. The second kappa shape index (κ2) is 6.82. The Morgan fingerprint density at radius 3 is 2.95 bits per heavy atom. The first-order valence-corrected chi connectivity index (χ1v) is 7.92. The van der Waals surface area contributed by atoms with E-state index < -0.39 is 5.95 Å². The van der Waals surface area contributed by atoms with Crippen LogP contribution in [0.25, 0.3) is 0 Å². The van der Waals surface area contributed by atoms with Crippen molar-refractivity contribution in [2.45, 2.75) is 19.0 Å². The maximum Gasteiger partial charge on any atom is 0.236 e. The van der Waals surface area contributed by atoms with Gasteiger partial charge in [0, 0.05) is 41.9 Å². The third-order valence-electron chi connectivity index (χ3n) is 3.86. The number of hydrogen-bond donors (Lipinski definition) is 1. The van der Waals surface area contributed by atoms with Gasteiger partial charge in [0.25, 0.3) is 0 Å². The van der Waals surface area contributed by atoms with Crippen molar-refractivity contribution in [2.75, 3.05) is 18.0 Å². The maximum atomic E-state index is 13.7. The van der Waals surface area contributed by atoms with Crippen LogP contribution in [-0.2, 0) is 6.54 Å². The smallest absolute Gasteiger partial charge is 0.236 e. The van der Waals surface area contributed by atoms with E-state index in [2.05, 4.69) is 10.3 Å². The van der Waals surface area contributed by atoms with Crippen molar-refractivity contribution in [3.05, 3.63) is 58.1 Å². The Hall–Kier alpha value is -1.36. The van der Waals surface area contributed by atoms with Gasteiger partial charge in [-0.3, -0.25) is 0 Å². The number of nitrogens with one attached hydrogen (secondary N) is 1. The van der Waals surface area contributed by atoms with E-state index in [0.717, 1.165) is 25.1 Å². The molecule has 2 aromatic rings. The van der Waals surface area contributed by atoms with Crippen molar-refractivity contribution < 1.29 is 4.39 Å². The second-order valence-electron chi connectivity index (χ2n) is 5.36. The Bertz CT molecular complexity index is 666. The zero-order valence-electron chi connectivity index (χ0n) is 11.9. The molecule has 1 atom stereocenters. The minimum absolute atomic E-state index is 0.298. The van der Waals surface area contributed by atoms with Crippen LogP contribution in [0.3, 0.4) is 0 Å².